The molecule has 0 fully saturated rings. The Hall–Kier alpha value is -2.53. The number of amides is 1. The van der Waals surface area contributed by atoms with Crippen LogP contribution in [0.2, 0.25) is 0 Å². The molecule has 3 rings (SSSR count). The molecule has 22 heavy (non-hydrogen) atoms. The molecule has 1 atom stereocenters. The van der Waals surface area contributed by atoms with E-state index in [1.54, 1.807) is 50.6 Å². The molecule has 1 heterocycles. The lowest BCUT2D eigenvalue weighted by molar-refractivity contribution is 0.0134. The largest absolute Gasteiger partial charge is 0.493 e. The summed E-state index contributed by atoms with van der Waals surface area (Å²) in [7, 11) is 3.13. The van der Waals surface area contributed by atoms with Crippen molar-refractivity contribution in [2.75, 3.05) is 14.2 Å². The van der Waals surface area contributed by atoms with E-state index in [-0.39, 0.29) is 12.3 Å². The molecule has 1 unspecified atom stereocenters. The monoisotopic (exact) mass is 299 g/mol. The van der Waals surface area contributed by atoms with Crippen molar-refractivity contribution in [3.05, 3.63) is 59.2 Å². The fraction of sp³-hybridized carbons (Fsp3) is 0.235. The molecular weight excluding hydrogens is 282 g/mol. The van der Waals surface area contributed by atoms with Crippen LogP contribution >= 0.6 is 0 Å². The van der Waals surface area contributed by atoms with Crippen molar-refractivity contribution in [2.45, 2.75) is 12.1 Å². The minimum absolute atomic E-state index is 0.246. The van der Waals surface area contributed by atoms with Gasteiger partial charge in [0.05, 0.1) is 14.2 Å². The first-order valence-electron chi connectivity index (χ1n) is 6.92. The normalized spacial score (nSPS) is 19.5. The third kappa shape index (κ3) is 2.29. The van der Waals surface area contributed by atoms with E-state index in [2.05, 4.69) is 5.32 Å². The van der Waals surface area contributed by atoms with Gasteiger partial charge in [0.1, 0.15) is 0 Å². The predicted octanol–water partition coefficient (Wildman–Crippen LogP) is 1.83. The van der Waals surface area contributed by atoms with E-state index in [9.17, 15) is 9.90 Å². The number of fused-ring (bicyclic) bond motifs is 1. The number of benzene rings is 2. The Kier molecular flexibility index (Phi) is 3.50. The zero-order valence-corrected chi connectivity index (χ0v) is 12.4. The smallest absolute Gasteiger partial charge is 0.254 e. The molecule has 0 radical (unpaired) electrons. The second kappa shape index (κ2) is 5.35. The molecule has 1 aliphatic heterocycles. The van der Waals surface area contributed by atoms with Crippen molar-refractivity contribution in [1.82, 2.24) is 5.32 Å². The Morgan fingerprint density at radius 3 is 2.55 bits per heavy atom. The van der Waals surface area contributed by atoms with Crippen molar-refractivity contribution < 1.29 is 19.4 Å². The van der Waals surface area contributed by atoms with E-state index >= 15 is 0 Å². The molecule has 0 spiro atoms. The van der Waals surface area contributed by atoms with Crippen LogP contribution in [-0.4, -0.2) is 25.2 Å². The third-order valence-electron chi connectivity index (χ3n) is 3.85. The number of carbonyl (C=O) groups is 1. The minimum Gasteiger partial charge on any atom is -0.493 e. The van der Waals surface area contributed by atoms with Gasteiger partial charge in [-0.2, -0.15) is 0 Å². The number of ether oxygens (including phenoxy) is 2. The van der Waals surface area contributed by atoms with E-state index in [0.29, 0.717) is 22.6 Å². The standard InChI is InChI=1S/C17H17NO4/c1-21-14-8-7-11(9-15(14)22-2)10-17(20)13-6-4-3-5-12(13)16(19)18-17/h3-9,20H,10H2,1-2H3,(H,18,19). The van der Waals surface area contributed by atoms with Crippen molar-refractivity contribution in [3.8, 4) is 11.5 Å². The van der Waals surface area contributed by atoms with Crippen LogP contribution in [0.25, 0.3) is 0 Å². The molecule has 0 saturated carbocycles. The highest BCUT2D eigenvalue weighted by Crippen LogP contribution is 2.34. The van der Waals surface area contributed by atoms with Crippen LogP contribution in [0.5, 0.6) is 11.5 Å². The summed E-state index contributed by atoms with van der Waals surface area (Å²) in [5.74, 6) is 0.939. The quantitative estimate of drug-likeness (QED) is 0.904. The number of hydrogen-bond acceptors (Lipinski definition) is 4. The van der Waals surface area contributed by atoms with Crippen LogP contribution in [-0.2, 0) is 12.1 Å². The van der Waals surface area contributed by atoms with E-state index in [1.807, 2.05) is 6.07 Å². The highest BCUT2D eigenvalue weighted by Gasteiger charge is 2.41. The summed E-state index contributed by atoms with van der Waals surface area (Å²) in [5, 5.41) is 13.5. The maximum Gasteiger partial charge on any atom is 0.254 e. The van der Waals surface area contributed by atoms with Crippen molar-refractivity contribution in [1.29, 1.82) is 0 Å². The molecule has 5 nitrogen and oxygen atoms in total. The molecule has 2 N–H and O–H groups in total. The van der Waals surface area contributed by atoms with Gasteiger partial charge in [0.2, 0.25) is 0 Å². The number of hydrogen-bond donors (Lipinski definition) is 2. The first kappa shape index (κ1) is 14.4. The van der Waals surface area contributed by atoms with Crippen LogP contribution in [0.4, 0.5) is 0 Å². The number of aliphatic hydroxyl groups is 1. The van der Waals surface area contributed by atoms with Crippen molar-refractivity contribution in [3.63, 3.8) is 0 Å². The maximum atomic E-state index is 12.0. The van der Waals surface area contributed by atoms with Gasteiger partial charge in [-0.1, -0.05) is 24.3 Å². The molecule has 0 saturated heterocycles. The second-order valence-electron chi connectivity index (χ2n) is 5.23. The highest BCUT2D eigenvalue weighted by atomic mass is 16.5. The van der Waals surface area contributed by atoms with E-state index in [0.717, 1.165) is 5.56 Å². The molecule has 1 amide bonds. The highest BCUT2D eigenvalue weighted by molar-refractivity contribution is 5.99. The molecule has 114 valence electrons. The van der Waals surface area contributed by atoms with Gasteiger partial charge in [0.25, 0.3) is 5.91 Å². The zero-order chi connectivity index (χ0) is 15.7. The summed E-state index contributed by atoms with van der Waals surface area (Å²) < 4.78 is 10.5. The number of nitrogens with one attached hydrogen (secondary N) is 1. The van der Waals surface area contributed by atoms with Gasteiger partial charge in [0, 0.05) is 17.5 Å². The van der Waals surface area contributed by atoms with Gasteiger partial charge in [0.15, 0.2) is 17.2 Å². The Morgan fingerprint density at radius 2 is 1.82 bits per heavy atom. The summed E-state index contributed by atoms with van der Waals surface area (Å²) in [6.07, 6.45) is 0.246. The van der Waals surface area contributed by atoms with Crippen molar-refractivity contribution >= 4 is 5.91 Å². The molecule has 0 aromatic heterocycles. The fourth-order valence-electron chi connectivity index (χ4n) is 2.79. The van der Waals surface area contributed by atoms with Crippen LogP contribution in [0.3, 0.4) is 0 Å². The van der Waals surface area contributed by atoms with E-state index in [1.165, 1.54) is 0 Å². The summed E-state index contributed by atoms with van der Waals surface area (Å²) in [5.41, 5.74) is 0.519. The maximum absolute atomic E-state index is 12.0. The molecule has 5 heteroatoms. The van der Waals surface area contributed by atoms with Crippen LogP contribution in [0, 0.1) is 0 Å². The lowest BCUT2D eigenvalue weighted by Gasteiger charge is -2.24. The average molecular weight is 299 g/mol. The number of carbonyl (C=O) groups excluding carboxylic acids is 1. The van der Waals surface area contributed by atoms with Gasteiger partial charge < -0.3 is 19.9 Å². The average Bonchev–Trinajstić information content (AvgIpc) is 2.79. The second-order valence-corrected chi connectivity index (χ2v) is 5.23. The summed E-state index contributed by atoms with van der Waals surface area (Å²) >= 11 is 0. The Bertz CT molecular complexity index is 728. The molecule has 1 aliphatic rings. The predicted molar refractivity (Wildman–Crippen MR) is 81.1 cm³/mol. The van der Waals surface area contributed by atoms with Gasteiger partial charge >= 0.3 is 0 Å². The summed E-state index contributed by atoms with van der Waals surface area (Å²) in [6.45, 7) is 0. The molecule has 0 bridgehead atoms. The minimum atomic E-state index is -1.41. The number of methoxy groups -OCH3 is 2. The van der Waals surface area contributed by atoms with Gasteiger partial charge in [-0.25, -0.2) is 0 Å². The van der Waals surface area contributed by atoms with E-state index < -0.39 is 5.72 Å². The Morgan fingerprint density at radius 1 is 1.09 bits per heavy atom. The Balaban J connectivity index is 1.95. The first-order valence-corrected chi connectivity index (χ1v) is 6.92. The summed E-state index contributed by atoms with van der Waals surface area (Å²) in [4.78, 5) is 12.0. The van der Waals surface area contributed by atoms with Crippen LogP contribution < -0.4 is 14.8 Å². The third-order valence-corrected chi connectivity index (χ3v) is 3.85. The van der Waals surface area contributed by atoms with Crippen LogP contribution in [0.15, 0.2) is 42.5 Å². The SMILES string of the molecule is COc1ccc(CC2(O)NC(=O)c3ccccc32)cc1OC. The van der Waals surface area contributed by atoms with Gasteiger partial charge in [-0.3, -0.25) is 4.79 Å². The molecule has 2 aromatic rings. The zero-order valence-electron chi connectivity index (χ0n) is 12.4. The van der Waals surface area contributed by atoms with Crippen LogP contribution in [0.1, 0.15) is 21.5 Å². The molecule has 0 aliphatic carbocycles. The topological polar surface area (TPSA) is 67.8 Å². The van der Waals surface area contributed by atoms with E-state index in [4.69, 9.17) is 9.47 Å². The van der Waals surface area contributed by atoms with Gasteiger partial charge in [-0.15, -0.1) is 0 Å². The Labute approximate surface area is 128 Å². The lowest BCUT2D eigenvalue weighted by Crippen LogP contribution is -2.41. The fourth-order valence-corrected chi connectivity index (χ4v) is 2.79. The first-order chi connectivity index (χ1) is 10.6. The molecule has 2 aromatic carbocycles. The lowest BCUT2D eigenvalue weighted by atomic mass is 9.95. The summed E-state index contributed by atoms with van der Waals surface area (Å²) in [6, 6.07) is 12.5. The van der Waals surface area contributed by atoms with Crippen molar-refractivity contribution in [2.24, 2.45) is 0 Å². The molecular formula is C17H17NO4. The van der Waals surface area contributed by atoms with Gasteiger partial charge in [-0.05, 0) is 23.8 Å². The number of rotatable bonds is 4.